The van der Waals surface area contributed by atoms with E-state index >= 15 is 0 Å². The van der Waals surface area contributed by atoms with Crippen molar-refractivity contribution in [2.75, 3.05) is 4.72 Å². The van der Waals surface area contributed by atoms with Crippen molar-refractivity contribution >= 4 is 39.9 Å². The topological polar surface area (TPSA) is 64.6 Å². The SMILES string of the molecule is CC1(C)OB(c2ccc(NS(=O)(=O)c3ccccc3Cl)cc2F)OC1(C)C. The van der Waals surface area contributed by atoms with Crippen LogP contribution in [0.3, 0.4) is 0 Å². The average Bonchev–Trinajstić information content (AvgIpc) is 2.75. The van der Waals surface area contributed by atoms with Crippen LogP contribution in [-0.2, 0) is 19.3 Å². The van der Waals surface area contributed by atoms with Gasteiger partial charge in [-0.15, -0.1) is 0 Å². The Morgan fingerprint density at radius 1 is 1.04 bits per heavy atom. The Balaban J connectivity index is 1.85. The molecule has 1 fully saturated rings. The van der Waals surface area contributed by atoms with Crippen molar-refractivity contribution in [2.45, 2.75) is 43.8 Å². The highest BCUT2D eigenvalue weighted by atomic mass is 35.5. The number of hydrogen-bond acceptors (Lipinski definition) is 4. The molecule has 1 saturated heterocycles. The molecule has 1 heterocycles. The van der Waals surface area contributed by atoms with Crippen molar-refractivity contribution in [2.24, 2.45) is 0 Å². The zero-order valence-corrected chi connectivity index (χ0v) is 17.0. The molecule has 0 atom stereocenters. The van der Waals surface area contributed by atoms with Crippen LogP contribution >= 0.6 is 11.6 Å². The third kappa shape index (κ3) is 3.85. The Hall–Kier alpha value is -1.61. The monoisotopic (exact) mass is 411 g/mol. The van der Waals surface area contributed by atoms with Gasteiger partial charge in [-0.25, -0.2) is 12.8 Å². The molecule has 9 heteroatoms. The first-order valence-electron chi connectivity index (χ1n) is 8.35. The van der Waals surface area contributed by atoms with Crippen LogP contribution in [0.25, 0.3) is 0 Å². The molecular weight excluding hydrogens is 392 g/mol. The fourth-order valence-electron chi connectivity index (χ4n) is 2.62. The summed E-state index contributed by atoms with van der Waals surface area (Å²) in [5.41, 5.74) is -0.926. The Morgan fingerprint density at radius 2 is 1.63 bits per heavy atom. The summed E-state index contributed by atoms with van der Waals surface area (Å²) in [7, 11) is -4.81. The molecule has 5 nitrogen and oxygen atoms in total. The molecule has 0 unspecified atom stereocenters. The summed E-state index contributed by atoms with van der Waals surface area (Å²) in [6.07, 6.45) is 0. The zero-order chi connectivity index (χ0) is 20.0. The van der Waals surface area contributed by atoms with Gasteiger partial charge in [0.15, 0.2) is 0 Å². The molecule has 3 rings (SSSR count). The number of hydrogen-bond donors (Lipinski definition) is 1. The van der Waals surface area contributed by atoms with Crippen LogP contribution in [0, 0.1) is 5.82 Å². The summed E-state index contributed by atoms with van der Waals surface area (Å²) in [6, 6.07) is 10.0. The van der Waals surface area contributed by atoms with Gasteiger partial charge in [-0.3, -0.25) is 4.72 Å². The Bertz CT molecular complexity index is 965. The van der Waals surface area contributed by atoms with E-state index in [-0.39, 0.29) is 21.1 Å². The van der Waals surface area contributed by atoms with E-state index in [1.165, 1.54) is 24.3 Å². The van der Waals surface area contributed by atoms with E-state index in [2.05, 4.69) is 4.72 Å². The number of nitrogens with one attached hydrogen (secondary N) is 1. The van der Waals surface area contributed by atoms with E-state index in [1.54, 1.807) is 12.1 Å². The summed E-state index contributed by atoms with van der Waals surface area (Å²) >= 11 is 5.94. The summed E-state index contributed by atoms with van der Waals surface area (Å²) in [6.45, 7) is 7.49. The zero-order valence-electron chi connectivity index (χ0n) is 15.4. The van der Waals surface area contributed by atoms with Crippen molar-refractivity contribution in [1.82, 2.24) is 0 Å². The molecule has 0 bridgehead atoms. The molecule has 2 aromatic rings. The lowest BCUT2D eigenvalue weighted by Gasteiger charge is -2.32. The first kappa shape index (κ1) is 20.1. The Labute approximate surface area is 164 Å². The fourth-order valence-corrected chi connectivity index (χ4v) is 4.19. The van der Waals surface area contributed by atoms with Gasteiger partial charge in [0.1, 0.15) is 10.7 Å². The minimum absolute atomic E-state index is 0.0766. The van der Waals surface area contributed by atoms with Crippen molar-refractivity contribution in [3.05, 3.63) is 53.3 Å². The van der Waals surface area contributed by atoms with Gasteiger partial charge in [-0.05, 0) is 52.0 Å². The van der Waals surface area contributed by atoms with Gasteiger partial charge in [0.25, 0.3) is 10.0 Å². The summed E-state index contributed by atoms with van der Waals surface area (Å²) in [5.74, 6) is -0.632. The van der Waals surface area contributed by atoms with Gasteiger partial charge >= 0.3 is 7.12 Å². The second-order valence-electron chi connectivity index (χ2n) is 7.36. The minimum atomic E-state index is -3.94. The predicted molar refractivity (Wildman–Crippen MR) is 104 cm³/mol. The minimum Gasteiger partial charge on any atom is -0.399 e. The largest absolute Gasteiger partial charge is 0.497 e. The molecule has 0 spiro atoms. The van der Waals surface area contributed by atoms with E-state index in [4.69, 9.17) is 20.9 Å². The molecule has 0 saturated carbocycles. The van der Waals surface area contributed by atoms with E-state index in [9.17, 15) is 12.8 Å². The summed E-state index contributed by atoms with van der Waals surface area (Å²) < 4.78 is 53.6. The third-order valence-corrected chi connectivity index (χ3v) is 6.77. The Kier molecular flexibility index (Phi) is 5.05. The molecule has 1 aliphatic rings. The second kappa shape index (κ2) is 6.77. The molecule has 1 aliphatic heterocycles. The maximum absolute atomic E-state index is 14.6. The molecule has 144 valence electrons. The quantitative estimate of drug-likeness (QED) is 0.781. The fraction of sp³-hybridized carbons (Fsp3) is 0.333. The predicted octanol–water partition coefficient (Wildman–Crippen LogP) is 3.58. The lowest BCUT2D eigenvalue weighted by Crippen LogP contribution is -2.41. The first-order valence-corrected chi connectivity index (χ1v) is 10.2. The van der Waals surface area contributed by atoms with Crippen molar-refractivity contribution in [3.63, 3.8) is 0 Å². The molecule has 27 heavy (non-hydrogen) atoms. The van der Waals surface area contributed by atoms with Gasteiger partial charge in [0.05, 0.1) is 21.9 Å². The number of sulfonamides is 1. The smallest absolute Gasteiger partial charge is 0.399 e. The molecule has 0 aliphatic carbocycles. The van der Waals surface area contributed by atoms with Crippen LogP contribution in [0.1, 0.15) is 27.7 Å². The van der Waals surface area contributed by atoms with E-state index in [1.807, 2.05) is 27.7 Å². The Morgan fingerprint density at radius 3 is 2.19 bits per heavy atom. The van der Waals surface area contributed by atoms with Gasteiger partial charge in [-0.1, -0.05) is 29.8 Å². The third-order valence-electron chi connectivity index (χ3n) is 4.89. The van der Waals surface area contributed by atoms with Crippen molar-refractivity contribution in [1.29, 1.82) is 0 Å². The molecule has 0 amide bonds. The second-order valence-corrected chi connectivity index (χ2v) is 9.42. The highest BCUT2D eigenvalue weighted by molar-refractivity contribution is 7.92. The van der Waals surface area contributed by atoms with E-state index < -0.39 is 34.2 Å². The normalized spacial score (nSPS) is 18.5. The van der Waals surface area contributed by atoms with Crippen LogP contribution in [0.5, 0.6) is 0 Å². The standard InChI is InChI=1S/C18H20BClFNO4S/c1-17(2)18(3,4)26-19(25-17)13-10-9-12(11-15(13)21)22-27(23,24)16-8-6-5-7-14(16)20/h5-11,22H,1-4H3. The molecule has 1 N–H and O–H groups in total. The van der Waals surface area contributed by atoms with Gasteiger partial charge in [-0.2, -0.15) is 0 Å². The van der Waals surface area contributed by atoms with Crippen molar-refractivity contribution in [3.8, 4) is 0 Å². The van der Waals surface area contributed by atoms with Gasteiger partial charge < -0.3 is 9.31 Å². The summed E-state index contributed by atoms with van der Waals surface area (Å²) in [4.78, 5) is -0.0814. The number of anilines is 1. The first-order chi connectivity index (χ1) is 12.4. The van der Waals surface area contributed by atoms with E-state index in [0.29, 0.717) is 0 Å². The lowest BCUT2D eigenvalue weighted by molar-refractivity contribution is 0.00578. The molecule has 0 radical (unpaired) electrons. The van der Waals surface area contributed by atoms with Gasteiger partial charge in [0, 0.05) is 5.46 Å². The van der Waals surface area contributed by atoms with E-state index in [0.717, 1.165) is 6.07 Å². The highest BCUT2D eigenvalue weighted by Crippen LogP contribution is 2.36. The molecular formula is C18H20BClFNO4S. The summed E-state index contributed by atoms with van der Waals surface area (Å²) in [5, 5.41) is 0.0827. The van der Waals surface area contributed by atoms with Crippen LogP contribution in [0.2, 0.25) is 5.02 Å². The molecule has 0 aromatic heterocycles. The van der Waals surface area contributed by atoms with Crippen molar-refractivity contribution < 1.29 is 22.1 Å². The average molecular weight is 412 g/mol. The maximum Gasteiger partial charge on any atom is 0.497 e. The number of benzene rings is 2. The number of halogens is 2. The van der Waals surface area contributed by atoms with Crippen LogP contribution in [0.4, 0.5) is 10.1 Å². The lowest BCUT2D eigenvalue weighted by atomic mass is 9.78. The van der Waals surface area contributed by atoms with Gasteiger partial charge in [0.2, 0.25) is 0 Å². The van der Waals surface area contributed by atoms with Crippen LogP contribution < -0.4 is 10.2 Å². The maximum atomic E-state index is 14.6. The van der Waals surface area contributed by atoms with Crippen LogP contribution in [0.15, 0.2) is 47.4 Å². The number of rotatable bonds is 4. The molecule has 2 aromatic carbocycles. The van der Waals surface area contributed by atoms with Crippen LogP contribution in [-0.4, -0.2) is 26.7 Å². The highest BCUT2D eigenvalue weighted by Gasteiger charge is 2.52.